The number of amides is 1. The van der Waals surface area contributed by atoms with Crippen LogP contribution in [0.25, 0.3) is 0 Å². The first-order valence-corrected chi connectivity index (χ1v) is 5.99. The molecular weight excluding hydrogens is 234 g/mol. The topological polar surface area (TPSA) is 67.8 Å². The molecule has 18 heavy (non-hydrogen) atoms. The quantitative estimate of drug-likeness (QED) is 0.829. The van der Waals surface area contributed by atoms with Crippen molar-refractivity contribution in [1.29, 1.82) is 0 Å². The van der Waals surface area contributed by atoms with Crippen LogP contribution in [0.15, 0.2) is 18.2 Å². The van der Waals surface area contributed by atoms with E-state index in [0.717, 1.165) is 5.56 Å². The van der Waals surface area contributed by atoms with Crippen LogP contribution in [0.3, 0.4) is 0 Å². The van der Waals surface area contributed by atoms with Gasteiger partial charge >= 0.3 is 0 Å². The van der Waals surface area contributed by atoms with E-state index in [-0.39, 0.29) is 12.7 Å². The Hall–Kier alpha value is -1.75. The highest BCUT2D eigenvalue weighted by Crippen LogP contribution is 2.34. The molecule has 0 bridgehead atoms. The number of fused-ring (bicyclic) bond motifs is 1. The van der Waals surface area contributed by atoms with Gasteiger partial charge in [0.2, 0.25) is 12.7 Å². The molecule has 0 aliphatic carbocycles. The summed E-state index contributed by atoms with van der Waals surface area (Å²) >= 11 is 0. The summed E-state index contributed by atoms with van der Waals surface area (Å²) in [4.78, 5) is 11.1. The SMILES string of the molecule is CNC(=O)CCCC(O)c1ccc2c(c1)OCO2. The number of carbonyl (C=O) groups is 1. The summed E-state index contributed by atoms with van der Waals surface area (Å²) in [5.41, 5.74) is 0.788. The van der Waals surface area contributed by atoms with Crippen LogP contribution in [0.4, 0.5) is 0 Å². The summed E-state index contributed by atoms with van der Waals surface area (Å²) in [6.07, 6.45) is 1.05. The largest absolute Gasteiger partial charge is 0.454 e. The zero-order valence-corrected chi connectivity index (χ0v) is 10.3. The van der Waals surface area contributed by atoms with E-state index in [1.54, 1.807) is 19.2 Å². The first kappa shape index (κ1) is 12.7. The predicted octanol–water partition coefficient (Wildman–Crippen LogP) is 1.36. The second-order valence-electron chi connectivity index (χ2n) is 4.19. The summed E-state index contributed by atoms with van der Waals surface area (Å²) in [7, 11) is 1.61. The first-order valence-electron chi connectivity index (χ1n) is 5.99. The zero-order chi connectivity index (χ0) is 13.0. The van der Waals surface area contributed by atoms with E-state index in [2.05, 4.69) is 5.32 Å². The highest BCUT2D eigenvalue weighted by molar-refractivity contribution is 5.75. The van der Waals surface area contributed by atoms with Gasteiger partial charge in [-0.15, -0.1) is 0 Å². The Morgan fingerprint density at radius 3 is 3.00 bits per heavy atom. The molecule has 5 heteroatoms. The molecule has 2 N–H and O–H groups in total. The van der Waals surface area contributed by atoms with Crippen LogP contribution in [0.2, 0.25) is 0 Å². The number of aliphatic hydroxyl groups excluding tert-OH is 1. The summed E-state index contributed by atoms with van der Waals surface area (Å²) in [6, 6.07) is 5.39. The van der Waals surface area contributed by atoms with Gasteiger partial charge in [-0.25, -0.2) is 0 Å². The molecule has 0 fully saturated rings. The highest BCUT2D eigenvalue weighted by atomic mass is 16.7. The maximum absolute atomic E-state index is 11.1. The molecule has 0 saturated heterocycles. The molecule has 0 radical (unpaired) electrons. The molecule has 1 aliphatic rings. The van der Waals surface area contributed by atoms with Crippen LogP contribution in [0, 0.1) is 0 Å². The Morgan fingerprint density at radius 2 is 2.22 bits per heavy atom. The number of hydrogen-bond acceptors (Lipinski definition) is 4. The third-order valence-corrected chi connectivity index (χ3v) is 2.94. The van der Waals surface area contributed by atoms with Crippen molar-refractivity contribution in [1.82, 2.24) is 5.32 Å². The maximum atomic E-state index is 11.1. The van der Waals surface area contributed by atoms with E-state index in [1.807, 2.05) is 6.07 Å². The molecule has 0 spiro atoms. The van der Waals surface area contributed by atoms with Gasteiger partial charge in [-0.3, -0.25) is 4.79 Å². The molecule has 1 amide bonds. The molecule has 0 aromatic heterocycles. The summed E-state index contributed by atoms with van der Waals surface area (Å²) < 4.78 is 10.5. The number of carbonyl (C=O) groups excluding carboxylic acids is 1. The summed E-state index contributed by atoms with van der Waals surface area (Å²) in [5.74, 6) is 1.36. The Balaban J connectivity index is 1.89. The Bertz CT molecular complexity index is 433. The Morgan fingerprint density at radius 1 is 1.44 bits per heavy atom. The molecular formula is C13H17NO4. The van der Waals surface area contributed by atoms with Crippen molar-refractivity contribution >= 4 is 5.91 Å². The molecule has 1 atom stereocenters. The van der Waals surface area contributed by atoms with Gasteiger partial charge in [0.25, 0.3) is 0 Å². The van der Waals surface area contributed by atoms with Crippen LogP contribution in [0.5, 0.6) is 11.5 Å². The number of nitrogens with one attached hydrogen (secondary N) is 1. The number of hydrogen-bond donors (Lipinski definition) is 2. The van der Waals surface area contributed by atoms with Crippen molar-refractivity contribution < 1.29 is 19.4 Å². The number of rotatable bonds is 5. The fraction of sp³-hybridized carbons (Fsp3) is 0.462. The minimum atomic E-state index is -0.579. The van der Waals surface area contributed by atoms with Crippen molar-refractivity contribution in [3.8, 4) is 11.5 Å². The predicted molar refractivity (Wildman–Crippen MR) is 65.4 cm³/mol. The lowest BCUT2D eigenvalue weighted by Crippen LogP contribution is -2.17. The lowest BCUT2D eigenvalue weighted by Gasteiger charge is -2.11. The average molecular weight is 251 g/mol. The minimum absolute atomic E-state index is 0.00659. The van der Waals surface area contributed by atoms with Crippen molar-refractivity contribution in [2.75, 3.05) is 13.8 Å². The van der Waals surface area contributed by atoms with Crippen molar-refractivity contribution in [3.63, 3.8) is 0 Å². The fourth-order valence-electron chi connectivity index (χ4n) is 1.87. The van der Waals surface area contributed by atoms with Crippen LogP contribution in [0.1, 0.15) is 30.9 Å². The van der Waals surface area contributed by atoms with Gasteiger partial charge in [-0.05, 0) is 30.5 Å². The Kier molecular flexibility index (Phi) is 4.04. The van der Waals surface area contributed by atoms with Crippen molar-refractivity contribution in [2.45, 2.75) is 25.4 Å². The molecule has 1 unspecified atom stereocenters. The first-order chi connectivity index (χ1) is 8.70. The molecule has 1 heterocycles. The second kappa shape index (κ2) is 5.73. The molecule has 1 aromatic carbocycles. The summed E-state index contributed by atoms with van der Waals surface area (Å²) in [5, 5.41) is 12.6. The van der Waals surface area contributed by atoms with Gasteiger partial charge in [0.15, 0.2) is 11.5 Å². The van der Waals surface area contributed by atoms with Crippen LogP contribution >= 0.6 is 0 Å². The van der Waals surface area contributed by atoms with E-state index in [1.165, 1.54) is 0 Å². The highest BCUT2D eigenvalue weighted by Gasteiger charge is 2.16. The van der Waals surface area contributed by atoms with Gasteiger partial charge in [0.05, 0.1) is 6.10 Å². The van der Waals surface area contributed by atoms with Crippen molar-refractivity contribution in [2.24, 2.45) is 0 Å². The van der Waals surface area contributed by atoms with Crippen LogP contribution in [-0.4, -0.2) is 24.9 Å². The lowest BCUT2D eigenvalue weighted by atomic mass is 10.0. The third kappa shape index (κ3) is 2.92. The van der Waals surface area contributed by atoms with Gasteiger partial charge in [-0.1, -0.05) is 6.07 Å². The van der Waals surface area contributed by atoms with E-state index in [9.17, 15) is 9.90 Å². The van der Waals surface area contributed by atoms with Crippen LogP contribution in [-0.2, 0) is 4.79 Å². The van der Waals surface area contributed by atoms with Gasteiger partial charge < -0.3 is 19.9 Å². The number of ether oxygens (including phenoxy) is 2. The minimum Gasteiger partial charge on any atom is -0.454 e. The van der Waals surface area contributed by atoms with Gasteiger partial charge in [0, 0.05) is 13.5 Å². The monoisotopic (exact) mass is 251 g/mol. The normalized spacial score (nSPS) is 14.3. The standard InChI is InChI=1S/C13H17NO4/c1-14-13(16)4-2-3-10(15)9-5-6-11-12(7-9)18-8-17-11/h5-7,10,15H,2-4,8H2,1H3,(H,14,16). The lowest BCUT2D eigenvalue weighted by molar-refractivity contribution is -0.120. The zero-order valence-electron chi connectivity index (χ0n) is 10.3. The molecule has 1 aliphatic heterocycles. The van der Waals surface area contributed by atoms with Gasteiger partial charge in [0.1, 0.15) is 0 Å². The van der Waals surface area contributed by atoms with E-state index in [0.29, 0.717) is 30.8 Å². The Labute approximate surface area is 106 Å². The van der Waals surface area contributed by atoms with E-state index in [4.69, 9.17) is 9.47 Å². The second-order valence-corrected chi connectivity index (χ2v) is 4.19. The smallest absolute Gasteiger partial charge is 0.231 e. The fourth-order valence-corrected chi connectivity index (χ4v) is 1.87. The van der Waals surface area contributed by atoms with Crippen molar-refractivity contribution in [3.05, 3.63) is 23.8 Å². The van der Waals surface area contributed by atoms with Crippen LogP contribution < -0.4 is 14.8 Å². The number of benzene rings is 1. The molecule has 98 valence electrons. The van der Waals surface area contributed by atoms with Gasteiger partial charge in [-0.2, -0.15) is 0 Å². The molecule has 5 nitrogen and oxygen atoms in total. The number of aliphatic hydroxyl groups is 1. The molecule has 0 saturated carbocycles. The third-order valence-electron chi connectivity index (χ3n) is 2.94. The van der Waals surface area contributed by atoms with E-state index >= 15 is 0 Å². The molecule has 2 rings (SSSR count). The maximum Gasteiger partial charge on any atom is 0.231 e. The molecule has 1 aromatic rings. The average Bonchev–Trinajstić information content (AvgIpc) is 2.85. The van der Waals surface area contributed by atoms with E-state index < -0.39 is 6.10 Å². The summed E-state index contributed by atoms with van der Waals surface area (Å²) in [6.45, 7) is 0.228.